The van der Waals surface area contributed by atoms with Gasteiger partial charge in [0, 0.05) is 6.54 Å². The molecular weight excluding hydrogens is 270 g/mol. The van der Waals surface area contributed by atoms with E-state index in [1.165, 1.54) is 0 Å². The Kier molecular flexibility index (Phi) is 4.26. The lowest BCUT2D eigenvalue weighted by Crippen LogP contribution is -2.23. The minimum Gasteiger partial charge on any atom is -0.207 e. The predicted molar refractivity (Wildman–Crippen MR) is 81.1 cm³/mol. The summed E-state index contributed by atoms with van der Waals surface area (Å²) in [6, 6.07) is 12.9. The van der Waals surface area contributed by atoms with Gasteiger partial charge in [0.1, 0.15) is 0 Å². The van der Waals surface area contributed by atoms with Gasteiger partial charge < -0.3 is 0 Å². The van der Waals surface area contributed by atoms with E-state index in [1.54, 1.807) is 12.1 Å². The van der Waals surface area contributed by atoms with Crippen molar-refractivity contribution in [2.24, 2.45) is 0 Å². The first-order valence-corrected chi connectivity index (χ1v) is 8.00. The topological polar surface area (TPSA) is 46.2 Å². The number of sulfonamides is 1. The Balaban J connectivity index is 2.19. The quantitative estimate of drug-likeness (QED) is 0.940. The standard InChI is InChI=1S/C16H19NO2S/c1-12-8-9-16(10-14(12)3)20(18,19)17-11-15-7-5-4-6-13(15)2/h4-10,17H,11H2,1-3H3. The minimum absolute atomic E-state index is 0.307. The van der Waals surface area contributed by atoms with Gasteiger partial charge in [-0.2, -0.15) is 0 Å². The highest BCUT2D eigenvalue weighted by Crippen LogP contribution is 2.15. The van der Waals surface area contributed by atoms with E-state index < -0.39 is 10.0 Å². The van der Waals surface area contributed by atoms with Crippen LogP contribution in [0.4, 0.5) is 0 Å². The number of hydrogen-bond donors (Lipinski definition) is 1. The fraction of sp³-hybridized carbons (Fsp3) is 0.250. The van der Waals surface area contributed by atoms with E-state index in [0.717, 1.165) is 22.3 Å². The van der Waals surface area contributed by atoms with Gasteiger partial charge in [-0.25, -0.2) is 13.1 Å². The van der Waals surface area contributed by atoms with Gasteiger partial charge in [0.2, 0.25) is 10.0 Å². The highest BCUT2D eigenvalue weighted by molar-refractivity contribution is 7.89. The SMILES string of the molecule is Cc1ccc(S(=O)(=O)NCc2ccccc2C)cc1C. The van der Waals surface area contributed by atoms with Crippen LogP contribution in [0.3, 0.4) is 0 Å². The molecule has 0 aliphatic carbocycles. The maximum absolute atomic E-state index is 12.3. The summed E-state index contributed by atoms with van der Waals surface area (Å²) in [4.78, 5) is 0.314. The number of aryl methyl sites for hydroxylation is 3. The lowest BCUT2D eigenvalue weighted by atomic mass is 10.1. The van der Waals surface area contributed by atoms with Crippen LogP contribution in [-0.2, 0) is 16.6 Å². The lowest BCUT2D eigenvalue weighted by molar-refractivity contribution is 0.581. The van der Waals surface area contributed by atoms with E-state index in [0.29, 0.717) is 11.4 Å². The molecule has 2 aromatic carbocycles. The van der Waals surface area contributed by atoms with Crippen molar-refractivity contribution in [3.63, 3.8) is 0 Å². The maximum Gasteiger partial charge on any atom is 0.240 e. The van der Waals surface area contributed by atoms with Crippen molar-refractivity contribution in [2.75, 3.05) is 0 Å². The Morgan fingerprint density at radius 2 is 1.60 bits per heavy atom. The molecular formula is C16H19NO2S. The first kappa shape index (κ1) is 14.8. The fourth-order valence-corrected chi connectivity index (χ4v) is 3.04. The molecule has 0 aliphatic rings. The van der Waals surface area contributed by atoms with E-state index in [9.17, 15) is 8.42 Å². The van der Waals surface area contributed by atoms with Crippen molar-refractivity contribution in [2.45, 2.75) is 32.2 Å². The van der Waals surface area contributed by atoms with Crippen molar-refractivity contribution >= 4 is 10.0 Å². The molecule has 3 nitrogen and oxygen atoms in total. The van der Waals surface area contributed by atoms with Crippen LogP contribution in [0.2, 0.25) is 0 Å². The monoisotopic (exact) mass is 289 g/mol. The van der Waals surface area contributed by atoms with Crippen molar-refractivity contribution in [3.05, 3.63) is 64.7 Å². The highest BCUT2D eigenvalue weighted by Gasteiger charge is 2.14. The molecule has 0 heterocycles. The van der Waals surface area contributed by atoms with Gasteiger partial charge in [-0.05, 0) is 55.2 Å². The van der Waals surface area contributed by atoms with E-state index in [1.807, 2.05) is 51.1 Å². The van der Waals surface area contributed by atoms with Gasteiger partial charge in [0.25, 0.3) is 0 Å². The van der Waals surface area contributed by atoms with Crippen molar-refractivity contribution < 1.29 is 8.42 Å². The zero-order valence-electron chi connectivity index (χ0n) is 12.0. The Labute approximate surface area is 120 Å². The van der Waals surface area contributed by atoms with Crippen molar-refractivity contribution in [3.8, 4) is 0 Å². The summed E-state index contributed by atoms with van der Waals surface area (Å²) in [5.41, 5.74) is 4.13. The van der Waals surface area contributed by atoms with E-state index >= 15 is 0 Å². The number of benzene rings is 2. The Hall–Kier alpha value is -1.65. The molecule has 1 N–H and O–H groups in total. The third-order valence-corrected chi connectivity index (χ3v) is 4.90. The Morgan fingerprint density at radius 1 is 0.900 bits per heavy atom. The number of rotatable bonds is 4. The molecule has 0 amide bonds. The van der Waals surface area contributed by atoms with Gasteiger partial charge in [-0.15, -0.1) is 0 Å². The Morgan fingerprint density at radius 3 is 2.25 bits per heavy atom. The normalized spacial score (nSPS) is 11.6. The second-order valence-electron chi connectivity index (χ2n) is 5.00. The zero-order chi connectivity index (χ0) is 14.8. The second-order valence-corrected chi connectivity index (χ2v) is 6.76. The molecule has 0 atom stereocenters. The van der Waals surface area contributed by atoms with Crippen LogP contribution in [0.25, 0.3) is 0 Å². The third kappa shape index (κ3) is 3.26. The first-order valence-electron chi connectivity index (χ1n) is 6.51. The molecule has 0 aromatic heterocycles. The smallest absolute Gasteiger partial charge is 0.207 e. The van der Waals surface area contributed by atoms with Crippen molar-refractivity contribution in [1.29, 1.82) is 0 Å². The van der Waals surface area contributed by atoms with E-state index in [2.05, 4.69) is 4.72 Å². The lowest BCUT2D eigenvalue weighted by Gasteiger charge is -2.10. The second kappa shape index (κ2) is 5.77. The summed E-state index contributed by atoms with van der Waals surface area (Å²) in [5, 5.41) is 0. The molecule has 0 aliphatic heterocycles. The van der Waals surface area contributed by atoms with Crippen LogP contribution in [0.5, 0.6) is 0 Å². The van der Waals surface area contributed by atoms with Crippen LogP contribution >= 0.6 is 0 Å². The molecule has 4 heteroatoms. The average Bonchev–Trinajstić information content (AvgIpc) is 2.41. The average molecular weight is 289 g/mol. The summed E-state index contributed by atoms with van der Waals surface area (Å²) in [6.07, 6.45) is 0. The maximum atomic E-state index is 12.3. The molecule has 0 saturated heterocycles. The Bertz CT molecular complexity index is 721. The fourth-order valence-electron chi connectivity index (χ4n) is 1.95. The van der Waals surface area contributed by atoms with Crippen LogP contribution in [-0.4, -0.2) is 8.42 Å². The van der Waals surface area contributed by atoms with Gasteiger partial charge in [0.15, 0.2) is 0 Å². The summed E-state index contributed by atoms with van der Waals surface area (Å²) in [7, 11) is -3.46. The molecule has 0 fully saturated rings. The summed E-state index contributed by atoms with van der Waals surface area (Å²) >= 11 is 0. The summed E-state index contributed by atoms with van der Waals surface area (Å²) in [5.74, 6) is 0. The van der Waals surface area contributed by atoms with E-state index in [4.69, 9.17) is 0 Å². The molecule has 2 rings (SSSR count). The number of nitrogens with one attached hydrogen (secondary N) is 1. The van der Waals surface area contributed by atoms with Gasteiger partial charge in [-0.3, -0.25) is 0 Å². The minimum atomic E-state index is -3.46. The zero-order valence-corrected chi connectivity index (χ0v) is 12.8. The van der Waals surface area contributed by atoms with Crippen LogP contribution in [0, 0.1) is 20.8 Å². The molecule has 0 radical (unpaired) electrons. The largest absolute Gasteiger partial charge is 0.240 e. The van der Waals surface area contributed by atoms with Crippen LogP contribution < -0.4 is 4.72 Å². The molecule has 0 saturated carbocycles. The molecule has 0 unspecified atom stereocenters. The van der Waals surface area contributed by atoms with E-state index in [-0.39, 0.29) is 0 Å². The van der Waals surface area contributed by atoms with Crippen LogP contribution in [0.15, 0.2) is 47.4 Å². The third-order valence-electron chi connectivity index (χ3n) is 3.50. The predicted octanol–water partition coefficient (Wildman–Crippen LogP) is 3.09. The van der Waals surface area contributed by atoms with Crippen LogP contribution in [0.1, 0.15) is 22.3 Å². The van der Waals surface area contributed by atoms with Gasteiger partial charge in [-0.1, -0.05) is 30.3 Å². The number of hydrogen-bond acceptors (Lipinski definition) is 2. The van der Waals surface area contributed by atoms with Gasteiger partial charge >= 0.3 is 0 Å². The molecule has 0 spiro atoms. The highest BCUT2D eigenvalue weighted by atomic mass is 32.2. The first-order chi connectivity index (χ1) is 9.40. The summed E-state index contributed by atoms with van der Waals surface area (Å²) in [6.45, 7) is 6.16. The molecule has 20 heavy (non-hydrogen) atoms. The summed E-state index contributed by atoms with van der Waals surface area (Å²) < 4.78 is 27.2. The molecule has 106 valence electrons. The van der Waals surface area contributed by atoms with Crippen molar-refractivity contribution in [1.82, 2.24) is 4.72 Å². The molecule has 0 bridgehead atoms. The van der Waals surface area contributed by atoms with Gasteiger partial charge in [0.05, 0.1) is 4.90 Å². The molecule has 2 aromatic rings.